The van der Waals surface area contributed by atoms with Gasteiger partial charge in [0.2, 0.25) is 11.8 Å². The van der Waals surface area contributed by atoms with Crippen LogP contribution in [0.15, 0.2) is 48.5 Å². The lowest BCUT2D eigenvalue weighted by molar-refractivity contribution is -0.128. The summed E-state index contributed by atoms with van der Waals surface area (Å²) in [7, 11) is 0. The van der Waals surface area contributed by atoms with Gasteiger partial charge in [-0.2, -0.15) is 11.8 Å². The van der Waals surface area contributed by atoms with E-state index in [1.165, 1.54) is 19.1 Å². The molecule has 2 saturated heterocycles. The van der Waals surface area contributed by atoms with Gasteiger partial charge in [-0.3, -0.25) is 14.4 Å². The fourth-order valence-corrected chi connectivity index (χ4v) is 6.36. The Balaban J connectivity index is 1.35. The Labute approximate surface area is 238 Å². The van der Waals surface area contributed by atoms with Crippen molar-refractivity contribution in [1.29, 1.82) is 0 Å². The van der Waals surface area contributed by atoms with Crippen LogP contribution in [0, 0.1) is 17.7 Å². The van der Waals surface area contributed by atoms with Crippen molar-refractivity contribution in [3.05, 3.63) is 70.5 Å². The minimum absolute atomic E-state index is 0.0486. The summed E-state index contributed by atoms with van der Waals surface area (Å²) in [5, 5.41) is 6.11. The Bertz CT molecular complexity index is 1140. The molecule has 4 unspecified atom stereocenters. The van der Waals surface area contributed by atoms with E-state index in [2.05, 4.69) is 15.5 Å². The standard InChI is InChI=1S/C29H36ClFN4O3S/c1-19(36)32-26(12-14-39-2)28(37)33-25(20-7-4-3-5-8-20)11-13-34-15-21-17-35(18-22(21)16-34)29(38)27-23(30)9-6-10-24(27)31/h3-10,21-22,25-26H,11-18H2,1-2H3,(H,32,36)(H,33,37). The highest BCUT2D eigenvalue weighted by atomic mass is 35.5. The number of nitrogens with zero attached hydrogens (tertiary/aromatic N) is 2. The fourth-order valence-electron chi connectivity index (χ4n) is 5.64. The first kappa shape index (κ1) is 29.4. The summed E-state index contributed by atoms with van der Waals surface area (Å²) in [4.78, 5) is 42.0. The Hall–Kier alpha value is -2.62. The van der Waals surface area contributed by atoms with E-state index >= 15 is 0 Å². The third-order valence-electron chi connectivity index (χ3n) is 7.58. The van der Waals surface area contributed by atoms with Crippen LogP contribution >= 0.6 is 23.4 Å². The summed E-state index contributed by atoms with van der Waals surface area (Å²) in [6.45, 7) is 5.07. The molecule has 2 N–H and O–H groups in total. The smallest absolute Gasteiger partial charge is 0.258 e. The van der Waals surface area contributed by atoms with Gasteiger partial charge in [0.1, 0.15) is 11.9 Å². The minimum Gasteiger partial charge on any atom is -0.347 e. The monoisotopic (exact) mass is 574 g/mol. The number of halogens is 2. The van der Waals surface area contributed by atoms with Crippen LogP contribution in [0.3, 0.4) is 0 Å². The van der Waals surface area contributed by atoms with Crippen LogP contribution in [0.1, 0.15) is 41.7 Å². The van der Waals surface area contributed by atoms with Crippen molar-refractivity contribution >= 4 is 41.1 Å². The number of carbonyl (C=O) groups excluding carboxylic acids is 3. The van der Waals surface area contributed by atoms with Crippen molar-refractivity contribution < 1.29 is 18.8 Å². The number of nitrogens with one attached hydrogen (secondary N) is 2. The van der Waals surface area contributed by atoms with Gasteiger partial charge in [-0.1, -0.05) is 48.0 Å². The largest absolute Gasteiger partial charge is 0.347 e. The molecular weight excluding hydrogens is 539 g/mol. The molecule has 0 radical (unpaired) electrons. The third kappa shape index (κ3) is 7.52. The number of hydrogen-bond acceptors (Lipinski definition) is 5. The van der Waals surface area contributed by atoms with Gasteiger partial charge in [0.25, 0.3) is 5.91 Å². The van der Waals surface area contributed by atoms with Gasteiger partial charge in [0.15, 0.2) is 0 Å². The SMILES string of the molecule is CSCCC(NC(C)=O)C(=O)NC(CCN1CC2CN(C(=O)c3c(F)cccc3Cl)CC2C1)c1ccccc1. The van der Waals surface area contributed by atoms with Crippen molar-refractivity contribution in [2.24, 2.45) is 11.8 Å². The molecule has 10 heteroatoms. The summed E-state index contributed by atoms with van der Waals surface area (Å²) in [5.41, 5.74) is 0.975. The number of rotatable bonds is 11. The van der Waals surface area contributed by atoms with E-state index in [9.17, 15) is 18.8 Å². The first-order chi connectivity index (χ1) is 18.8. The van der Waals surface area contributed by atoms with Gasteiger partial charge in [0, 0.05) is 39.6 Å². The number of thioether (sulfide) groups is 1. The summed E-state index contributed by atoms with van der Waals surface area (Å²) in [6.07, 6.45) is 3.26. The van der Waals surface area contributed by atoms with Crippen molar-refractivity contribution in [2.75, 3.05) is 44.7 Å². The zero-order chi connectivity index (χ0) is 27.9. The maximum atomic E-state index is 14.3. The fraction of sp³-hybridized carbons (Fsp3) is 0.483. The second-order valence-electron chi connectivity index (χ2n) is 10.4. The summed E-state index contributed by atoms with van der Waals surface area (Å²) in [6, 6.07) is 13.4. The summed E-state index contributed by atoms with van der Waals surface area (Å²) < 4.78 is 14.3. The molecule has 210 valence electrons. The predicted octanol–water partition coefficient (Wildman–Crippen LogP) is 3.99. The zero-order valence-electron chi connectivity index (χ0n) is 22.4. The molecule has 2 aromatic rings. The molecule has 2 fully saturated rings. The molecule has 2 aromatic carbocycles. The average Bonchev–Trinajstić information content (AvgIpc) is 3.48. The van der Waals surface area contributed by atoms with Gasteiger partial charge >= 0.3 is 0 Å². The molecule has 0 bridgehead atoms. The molecule has 0 aromatic heterocycles. The Morgan fingerprint density at radius 2 is 1.69 bits per heavy atom. The van der Waals surface area contributed by atoms with E-state index in [-0.39, 0.29) is 34.3 Å². The molecule has 2 aliphatic heterocycles. The van der Waals surface area contributed by atoms with Crippen LogP contribution in [0.4, 0.5) is 4.39 Å². The van der Waals surface area contributed by atoms with E-state index in [0.717, 1.165) is 37.4 Å². The van der Waals surface area contributed by atoms with Gasteiger partial charge < -0.3 is 20.4 Å². The lowest BCUT2D eigenvalue weighted by Crippen LogP contribution is -2.47. The number of amides is 3. The number of carbonyl (C=O) groups is 3. The topological polar surface area (TPSA) is 81.8 Å². The van der Waals surface area contributed by atoms with Crippen molar-refractivity contribution in [3.63, 3.8) is 0 Å². The Morgan fingerprint density at radius 3 is 2.31 bits per heavy atom. The molecule has 7 nitrogen and oxygen atoms in total. The predicted molar refractivity (Wildman–Crippen MR) is 153 cm³/mol. The second-order valence-corrected chi connectivity index (χ2v) is 11.8. The number of fused-ring (bicyclic) bond motifs is 1. The Morgan fingerprint density at radius 1 is 1.00 bits per heavy atom. The molecule has 39 heavy (non-hydrogen) atoms. The van der Waals surface area contributed by atoms with Gasteiger partial charge in [-0.15, -0.1) is 0 Å². The van der Waals surface area contributed by atoms with Crippen molar-refractivity contribution in [3.8, 4) is 0 Å². The van der Waals surface area contributed by atoms with Gasteiger partial charge in [-0.25, -0.2) is 4.39 Å². The van der Waals surface area contributed by atoms with Crippen molar-refractivity contribution in [1.82, 2.24) is 20.4 Å². The molecule has 4 atom stereocenters. The van der Waals surface area contributed by atoms with Crippen molar-refractivity contribution in [2.45, 2.75) is 31.8 Å². The highest BCUT2D eigenvalue weighted by Gasteiger charge is 2.42. The van der Waals surface area contributed by atoms with E-state index in [1.807, 2.05) is 36.6 Å². The molecule has 2 aliphatic rings. The zero-order valence-corrected chi connectivity index (χ0v) is 23.9. The van der Waals surface area contributed by atoms with Crippen LogP contribution in [0.5, 0.6) is 0 Å². The Kier molecular flexibility index (Phi) is 10.3. The quantitative estimate of drug-likeness (QED) is 0.424. The van der Waals surface area contributed by atoms with Crippen LogP contribution in [0.25, 0.3) is 0 Å². The molecule has 4 rings (SSSR count). The average molecular weight is 575 g/mol. The number of hydrogen-bond donors (Lipinski definition) is 2. The first-order valence-electron chi connectivity index (χ1n) is 13.3. The molecule has 0 spiro atoms. The molecular formula is C29H36ClFN4O3S. The molecule has 0 saturated carbocycles. The third-order valence-corrected chi connectivity index (χ3v) is 8.54. The second kappa shape index (κ2) is 13.6. The molecule has 2 heterocycles. The maximum Gasteiger partial charge on any atom is 0.258 e. The molecule has 3 amide bonds. The molecule has 0 aliphatic carbocycles. The van der Waals surface area contributed by atoms with Crippen LogP contribution in [-0.2, 0) is 9.59 Å². The highest BCUT2D eigenvalue weighted by Crippen LogP contribution is 2.33. The highest BCUT2D eigenvalue weighted by molar-refractivity contribution is 7.98. The number of likely N-dealkylation sites (tertiary alicyclic amines) is 2. The first-order valence-corrected chi connectivity index (χ1v) is 15.1. The normalized spacial score (nSPS) is 20.4. The lowest BCUT2D eigenvalue weighted by Gasteiger charge is -2.26. The van der Waals surface area contributed by atoms with Gasteiger partial charge in [-0.05, 0) is 54.4 Å². The summed E-state index contributed by atoms with van der Waals surface area (Å²) in [5.74, 6) is 0.0803. The van der Waals surface area contributed by atoms with E-state index < -0.39 is 11.9 Å². The van der Waals surface area contributed by atoms with Crippen LogP contribution < -0.4 is 10.6 Å². The van der Waals surface area contributed by atoms with E-state index in [1.54, 1.807) is 22.7 Å². The minimum atomic E-state index is -0.589. The van der Waals surface area contributed by atoms with Crippen LogP contribution in [-0.4, -0.2) is 78.3 Å². The van der Waals surface area contributed by atoms with Crippen LogP contribution in [0.2, 0.25) is 5.02 Å². The maximum absolute atomic E-state index is 14.3. The summed E-state index contributed by atoms with van der Waals surface area (Å²) >= 11 is 7.76. The van der Waals surface area contributed by atoms with E-state index in [4.69, 9.17) is 11.6 Å². The van der Waals surface area contributed by atoms with Gasteiger partial charge in [0.05, 0.1) is 16.6 Å². The van der Waals surface area contributed by atoms with E-state index in [0.29, 0.717) is 31.3 Å². The number of benzene rings is 2. The lowest BCUT2D eigenvalue weighted by atomic mass is 10.0.